The summed E-state index contributed by atoms with van der Waals surface area (Å²) < 4.78 is 52.7. The Bertz CT molecular complexity index is 931. The first kappa shape index (κ1) is 20.8. The van der Waals surface area contributed by atoms with Crippen LogP contribution in [0.2, 0.25) is 0 Å². The number of sulfonamides is 1. The highest BCUT2D eigenvalue weighted by atomic mass is 32.2. The van der Waals surface area contributed by atoms with Gasteiger partial charge in [0.05, 0.1) is 4.90 Å². The highest BCUT2D eigenvalue weighted by molar-refractivity contribution is 7.99. The van der Waals surface area contributed by atoms with Gasteiger partial charge in [-0.25, -0.2) is 17.2 Å². The maximum absolute atomic E-state index is 13.2. The molecule has 0 aliphatic carbocycles. The third-order valence-electron chi connectivity index (χ3n) is 4.45. The van der Waals surface area contributed by atoms with Crippen LogP contribution in [0.25, 0.3) is 0 Å². The van der Waals surface area contributed by atoms with Gasteiger partial charge in [0.15, 0.2) is 11.6 Å². The molecule has 1 amide bonds. The number of hydrogen-bond donors (Lipinski definition) is 0. The van der Waals surface area contributed by atoms with E-state index in [9.17, 15) is 22.0 Å². The Hall–Kier alpha value is -1.97. The Morgan fingerprint density at radius 1 is 0.964 bits per heavy atom. The second-order valence-electron chi connectivity index (χ2n) is 6.27. The van der Waals surface area contributed by atoms with Crippen LogP contribution < -0.4 is 0 Å². The number of benzene rings is 2. The number of rotatable bonds is 6. The van der Waals surface area contributed by atoms with Gasteiger partial charge in [0.25, 0.3) is 0 Å². The first-order valence-corrected chi connectivity index (χ1v) is 11.2. The van der Waals surface area contributed by atoms with Gasteiger partial charge in [-0.2, -0.15) is 4.31 Å². The topological polar surface area (TPSA) is 57.7 Å². The Morgan fingerprint density at radius 3 is 2.29 bits per heavy atom. The van der Waals surface area contributed by atoms with Crippen LogP contribution in [-0.4, -0.2) is 55.5 Å². The highest BCUT2D eigenvalue weighted by Gasteiger charge is 2.29. The average Bonchev–Trinajstić information content (AvgIpc) is 2.71. The van der Waals surface area contributed by atoms with Gasteiger partial charge < -0.3 is 4.90 Å². The van der Waals surface area contributed by atoms with Crippen molar-refractivity contribution in [3.8, 4) is 0 Å². The van der Waals surface area contributed by atoms with Crippen molar-refractivity contribution in [2.45, 2.75) is 16.2 Å². The molecule has 28 heavy (non-hydrogen) atoms. The average molecular weight is 427 g/mol. The lowest BCUT2D eigenvalue weighted by Gasteiger charge is -2.34. The number of piperazine rings is 1. The molecule has 0 bridgehead atoms. The monoisotopic (exact) mass is 426 g/mol. The molecule has 3 rings (SSSR count). The molecule has 0 radical (unpaired) electrons. The van der Waals surface area contributed by atoms with Crippen molar-refractivity contribution >= 4 is 27.7 Å². The van der Waals surface area contributed by atoms with E-state index in [1.807, 2.05) is 0 Å². The van der Waals surface area contributed by atoms with E-state index in [0.29, 0.717) is 23.7 Å². The van der Waals surface area contributed by atoms with Crippen LogP contribution in [0.5, 0.6) is 0 Å². The molecule has 2 aromatic carbocycles. The minimum Gasteiger partial charge on any atom is -0.340 e. The Morgan fingerprint density at radius 2 is 1.64 bits per heavy atom. The minimum atomic E-state index is -3.55. The van der Waals surface area contributed by atoms with Crippen molar-refractivity contribution in [1.82, 2.24) is 9.21 Å². The van der Waals surface area contributed by atoms with Crippen molar-refractivity contribution in [3.05, 3.63) is 60.2 Å². The predicted octanol–water partition coefficient (Wildman–Crippen LogP) is 2.98. The van der Waals surface area contributed by atoms with E-state index < -0.39 is 21.7 Å². The van der Waals surface area contributed by atoms with Gasteiger partial charge in [0.2, 0.25) is 15.9 Å². The Kier molecular flexibility index (Phi) is 6.69. The van der Waals surface area contributed by atoms with Crippen LogP contribution in [0.3, 0.4) is 0 Å². The molecule has 1 saturated heterocycles. The summed E-state index contributed by atoms with van der Waals surface area (Å²) in [6.45, 7) is 1.17. The molecule has 0 spiro atoms. The van der Waals surface area contributed by atoms with E-state index in [4.69, 9.17) is 0 Å². The molecule has 150 valence electrons. The number of nitrogens with zero attached hydrogens (tertiary/aromatic N) is 2. The Labute approximate surface area is 167 Å². The zero-order chi connectivity index (χ0) is 20.1. The van der Waals surface area contributed by atoms with Gasteiger partial charge in [0.1, 0.15) is 0 Å². The standard InChI is InChI=1S/C19H20F2N2O3S2/c20-17-7-6-15(14-18(17)21)27-13-8-19(24)22-9-11-23(12-10-22)28(25,26)16-4-2-1-3-5-16/h1-7,14H,8-13H2. The molecule has 5 nitrogen and oxygen atoms in total. The number of amides is 1. The summed E-state index contributed by atoms with van der Waals surface area (Å²) in [5.41, 5.74) is 0. The van der Waals surface area contributed by atoms with Crippen molar-refractivity contribution < 1.29 is 22.0 Å². The molecule has 0 saturated carbocycles. The van der Waals surface area contributed by atoms with E-state index in [-0.39, 0.29) is 30.3 Å². The summed E-state index contributed by atoms with van der Waals surface area (Å²) >= 11 is 1.28. The van der Waals surface area contributed by atoms with Crippen LogP contribution in [0.4, 0.5) is 8.78 Å². The van der Waals surface area contributed by atoms with Gasteiger partial charge in [0, 0.05) is 43.2 Å². The summed E-state index contributed by atoms with van der Waals surface area (Å²) in [6.07, 6.45) is 0.245. The highest BCUT2D eigenvalue weighted by Crippen LogP contribution is 2.22. The fourth-order valence-corrected chi connectivity index (χ4v) is 5.21. The van der Waals surface area contributed by atoms with E-state index in [2.05, 4.69) is 0 Å². The maximum atomic E-state index is 13.2. The first-order chi connectivity index (χ1) is 13.4. The summed E-state index contributed by atoms with van der Waals surface area (Å²) in [5, 5.41) is 0. The van der Waals surface area contributed by atoms with E-state index in [1.54, 1.807) is 35.2 Å². The summed E-state index contributed by atoms with van der Waals surface area (Å²) in [4.78, 5) is 14.8. The maximum Gasteiger partial charge on any atom is 0.243 e. The third-order valence-corrected chi connectivity index (χ3v) is 7.36. The minimum absolute atomic E-state index is 0.0770. The molecular weight excluding hydrogens is 406 g/mol. The normalized spacial score (nSPS) is 15.6. The van der Waals surface area contributed by atoms with E-state index >= 15 is 0 Å². The third kappa shape index (κ3) is 4.89. The molecule has 9 heteroatoms. The molecule has 0 aromatic heterocycles. The zero-order valence-electron chi connectivity index (χ0n) is 15.1. The van der Waals surface area contributed by atoms with Gasteiger partial charge in [-0.3, -0.25) is 4.79 Å². The number of carbonyl (C=O) groups is 1. The lowest BCUT2D eigenvalue weighted by Crippen LogP contribution is -2.50. The van der Waals surface area contributed by atoms with Gasteiger partial charge in [-0.05, 0) is 30.3 Å². The second-order valence-corrected chi connectivity index (χ2v) is 9.38. The van der Waals surface area contributed by atoms with Crippen molar-refractivity contribution in [1.29, 1.82) is 0 Å². The van der Waals surface area contributed by atoms with Gasteiger partial charge in [-0.15, -0.1) is 11.8 Å². The lowest BCUT2D eigenvalue weighted by molar-refractivity contribution is -0.131. The van der Waals surface area contributed by atoms with Gasteiger partial charge in [-0.1, -0.05) is 18.2 Å². The van der Waals surface area contributed by atoms with Gasteiger partial charge >= 0.3 is 0 Å². The molecule has 1 heterocycles. The molecule has 0 N–H and O–H groups in total. The number of hydrogen-bond acceptors (Lipinski definition) is 4. The lowest BCUT2D eigenvalue weighted by atomic mass is 10.3. The number of thioether (sulfide) groups is 1. The summed E-state index contributed by atoms with van der Waals surface area (Å²) in [7, 11) is -3.55. The van der Waals surface area contributed by atoms with Crippen molar-refractivity contribution in [3.63, 3.8) is 0 Å². The Balaban J connectivity index is 1.48. The largest absolute Gasteiger partial charge is 0.340 e. The number of halogens is 2. The fraction of sp³-hybridized carbons (Fsp3) is 0.316. The molecule has 0 unspecified atom stereocenters. The van der Waals surface area contributed by atoms with Crippen LogP contribution >= 0.6 is 11.8 Å². The molecule has 0 atom stereocenters. The first-order valence-electron chi connectivity index (χ1n) is 8.79. The van der Waals surface area contributed by atoms with Crippen molar-refractivity contribution in [2.75, 3.05) is 31.9 Å². The smallest absolute Gasteiger partial charge is 0.243 e. The van der Waals surface area contributed by atoms with Crippen LogP contribution in [0.15, 0.2) is 58.3 Å². The quantitative estimate of drug-likeness (QED) is 0.667. The second kappa shape index (κ2) is 9.02. The summed E-state index contributed by atoms with van der Waals surface area (Å²) in [5.74, 6) is -1.45. The van der Waals surface area contributed by atoms with E-state index in [0.717, 1.165) is 12.1 Å². The van der Waals surface area contributed by atoms with Crippen LogP contribution in [0, 0.1) is 11.6 Å². The molecule has 1 aliphatic heterocycles. The predicted molar refractivity (Wildman–Crippen MR) is 103 cm³/mol. The summed E-state index contributed by atoms with van der Waals surface area (Å²) in [6, 6.07) is 11.9. The SMILES string of the molecule is O=C(CCSc1ccc(F)c(F)c1)N1CCN(S(=O)(=O)c2ccccc2)CC1. The molecule has 1 fully saturated rings. The molecule has 1 aliphatic rings. The van der Waals surface area contributed by atoms with Crippen molar-refractivity contribution in [2.24, 2.45) is 0 Å². The van der Waals surface area contributed by atoms with E-state index in [1.165, 1.54) is 22.1 Å². The number of carbonyl (C=O) groups excluding carboxylic acids is 1. The molecular formula is C19H20F2N2O3S2. The van der Waals surface area contributed by atoms with Crippen LogP contribution in [0.1, 0.15) is 6.42 Å². The van der Waals surface area contributed by atoms with Crippen LogP contribution in [-0.2, 0) is 14.8 Å². The molecule has 2 aromatic rings. The zero-order valence-corrected chi connectivity index (χ0v) is 16.7. The fourth-order valence-electron chi connectivity index (χ4n) is 2.90.